The molecule has 0 bridgehead atoms. The summed E-state index contributed by atoms with van der Waals surface area (Å²) >= 11 is 0. The molecule has 2 atom stereocenters. The molecule has 0 aliphatic carbocycles. The van der Waals surface area contributed by atoms with Crippen molar-refractivity contribution < 1.29 is 8.95 Å². The molecule has 106 valence electrons. The molecule has 0 aromatic heterocycles. The van der Waals surface area contributed by atoms with Crippen LogP contribution in [0.2, 0.25) is 0 Å². The highest BCUT2D eigenvalue weighted by Gasteiger charge is 2.49. The van der Waals surface area contributed by atoms with E-state index in [0.717, 1.165) is 16.9 Å². The average Bonchev–Trinajstić information content (AvgIpc) is 2.50. The van der Waals surface area contributed by atoms with Crippen molar-refractivity contribution in [3.63, 3.8) is 0 Å². The summed E-state index contributed by atoms with van der Waals surface area (Å²) in [6.45, 7) is 10.1. The Labute approximate surface area is 118 Å². The van der Waals surface area contributed by atoms with E-state index in [1.54, 1.807) is 0 Å². The molecule has 1 aromatic carbocycles. The van der Waals surface area contributed by atoms with Gasteiger partial charge in [0.25, 0.3) is 0 Å². The van der Waals surface area contributed by atoms with Crippen LogP contribution in [-0.2, 0) is 15.5 Å². The maximum absolute atomic E-state index is 12.9. The Balaban J connectivity index is 2.37. The number of hydrogen-bond acceptors (Lipinski definition) is 3. The van der Waals surface area contributed by atoms with Crippen LogP contribution in [-0.4, -0.2) is 20.7 Å². The summed E-state index contributed by atoms with van der Waals surface area (Å²) in [4.78, 5) is 0.736. The molecule has 2 rings (SSSR count). The lowest BCUT2D eigenvalue weighted by molar-refractivity contribution is -0.0633. The number of nitrogen functional groups attached to an aromatic ring is 1. The first-order valence-electron chi connectivity index (χ1n) is 6.60. The third kappa shape index (κ3) is 2.70. The highest BCUT2D eigenvalue weighted by Crippen LogP contribution is 2.42. The topological polar surface area (TPSA) is 52.3 Å². The van der Waals surface area contributed by atoms with Crippen LogP contribution in [0.5, 0.6) is 0 Å². The van der Waals surface area contributed by atoms with Crippen molar-refractivity contribution in [2.24, 2.45) is 0 Å². The molecule has 1 saturated heterocycles. The Kier molecular flexibility index (Phi) is 3.52. The van der Waals surface area contributed by atoms with Crippen molar-refractivity contribution in [1.82, 2.24) is 0 Å². The SMILES string of the molecule is Cc1cccc(S(=O)C2CC(C)(C)OC2(C)C)c1N. The van der Waals surface area contributed by atoms with Crippen LogP contribution >= 0.6 is 0 Å². The van der Waals surface area contributed by atoms with Crippen LogP contribution in [0.25, 0.3) is 0 Å². The van der Waals surface area contributed by atoms with Gasteiger partial charge in [-0.3, -0.25) is 4.21 Å². The van der Waals surface area contributed by atoms with Crippen molar-refractivity contribution in [1.29, 1.82) is 0 Å². The number of benzene rings is 1. The zero-order valence-electron chi connectivity index (χ0n) is 12.3. The van der Waals surface area contributed by atoms with Crippen LogP contribution in [0.15, 0.2) is 23.1 Å². The molecule has 4 heteroatoms. The summed E-state index contributed by atoms with van der Waals surface area (Å²) in [5.74, 6) is 0. The zero-order chi connectivity index (χ0) is 14.4. The second-order valence-corrected chi connectivity index (χ2v) is 8.05. The molecule has 1 aromatic rings. The van der Waals surface area contributed by atoms with Gasteiger partial charge < -0.3 is 10.5 Å². The summed E-state index contributed by atoms with van der Waals surface area (Å²) in [7, 11) is -1.15. The molecular weight excluding hydrogens is 258 g/mol. The molecule has 19 heavy (non-hydrogen) atoms. The molecule has 1 aliphatic heterocycles. The van der Waals surface area contributed by atoms with Crippen LogP contribution < -0.4 is 5.73 Å². The Morgan fingerprint density at radius 3 is 2.47 bits per heavy atom. The van der Waals surface area contributed by atoms with E-state index in [9.17, 15) is 4.21 Å². The first-order valence-corrected chi connectivity index (χ1v) is 7.81. The van der Waals surface area contributed by atoms with E-state index < -0.39 is 16.4 Å². The summed E-state index contributed by atoms with van der Waals surface area (Å²) in [6.07, 6.45) is 0.778. The number of rotatable bonds is 2. The van der Waals surface area contributed by atoms with Crippen molar-refractivity contribution >= 4 is 16.5 Å². The fourth-order valence-corrected chi connectivity index (χ4v) is 4.84. The lowest BCUT2D eigenvalue weighted by Crippen LogP contribution is -2.36. The van der Waals surface area contributed by atoms with E-state index in [2.05, 4.69) is 0 Å². The lowest BCUT2D eigenvalue weighted by Gasteiger charge is -2.27. The van der Waals surface area contributed by atoms with Gasteiger partial charge in [-0.25, -0.2) is 0 Å². The molecule has 0 radical (unpaired) electrons. The van der Waals surface area contributed by atoms with E-state index in [-0.39, 0.29) is 10.9 Å². The summed E-state index contributed by atoms with van der Waals surface area (Å²) in [5.41, 5.74) is 7.06. The number of ether oxygens (including phenoxy) is 1. The van der Waals surface area contributed by atoms with E-state index in [4.69, 9.17) is 10.5 Å². The normalized spacial score (nSPS) is 26.3. The van der Waals surface area contributed by atoms with Crippen LogP contribution in [0.1, 0.15) is 39.7 Å². The molecule has 1 fully saturated rings. The molecule has 0 saturated carbocycles. The van der Waals surface area contributed by atoms with E-state index >= 15 is 0 Å². The van der Waals surface area contributed by atoms with Gasteiger partial charge in [0, 0.05) is 0 Å². The highest BCUT2D eigenvalue weighted by molar-refractivity contribution is 7.86. The summed E-state index contributed by atoms with van der Waals surface area (Å²) in [6, 6.07) is 5.71. The molecule has 2 N–H and O–H groups in total. The van der Waals surface area contributed by atoms with Crippen molar-refractivity contribution in [2.45, 2.75) is 62.4 Å². The monoisotopic (exact) mass is 281 g/mol. The van der Waals surface area contributed by atoms with Gasteiger partial charge in [-0.2, -0.15) is 0 Å². The standard InChI is InChI=1S/C15H23NO2S/c1-10-7-6-8-11(13(10)16)19(17)12-9-14(2,3)18-15(12,4)5/h6-8,12H,9,16H2,1-5H3. The third-order valence-electron chi connectivity index (χ3n) is 3.75. The van der Waals surface area contributed by atoms with Gasteiger partial charge in [-0.05, 0) is 52.7 Å². The molecule has 0 spiro atoms. The fraction of sp³-hybridized carbons (Fsp3) is 0.600. The fourth-order valence-electron chi connectivity index (χ4n) is 2.83. The van der Waals surface area contributed by atoms with Gasteiger partial charge >= 0.3 is 0 Å². The number of aryl methyl sites for hydroxylation is 1. The lowest BCUT2D eigenvalue weighted by atomic mass is 10.0. The van der Waals surface area contributed by atoms with Gasteiger partial charge in [-0.1, -0.05) is 12.1 Å². The smallest absolute Gasteiger partial charge is 0.0781 e. The number of hydrogen-bond donors (Lipinski definition) is 1. The highest BCUT2D eigenvalue weighted by atomic mass is 32.2. The Hall–Kier alpha value is -0.870. The number of para-hydroxylation sites is 1. The first kappa shape index (κ1) is 14.5. The number of nitrogens with two attached hydrogens (primary N) is 1. The minimum Gasteiger partial charge on any atom is -0.398 e. The Bertz CT molecular complexity index is 523. The second-order valence-electron chi connectivity index (χ2n) is 6.44. The number of anilines is 1. The van der Waals surface area contributed by atoms with Crippen molar-refractivity contribution in [3.05, 3.63) is 23.8 Å². The first-order chi connectivity index (χ1) is 8.64. The van der Waals surface area contributed by atoms with Crippen molar-refractivity contribution in [3.8, 4) is 0 Å². The van der Waals surface area contributed by atoms with E-state index in [1.165, 1.54) is 0 Å². The zero-order valence-corrected chi connectivity index (χ0v) is 13.1. The van der Waals surface area contributed by atoms with Gasteiger partial charge in [0.05, 0.1) is 37.8 Å². The maximum atomic E-state index is 12.9. The van der Waals surface area contributed by atoms with Crippen LogP contribution in [0, 0.1) is 6.92 Å². The Morgan fingerprint density at radius 1 is 1.32 bits per heavy atom. The minimum atomic E-state index is -1.15. The van der Waals surface area contributed by atoms with Crippen LogP contribution in [0.3, 0.4) is 0 Å². The largest absolute Gasteiger partial charge is 0.398 e. The quantitative estimate of drug-likeness (QED) is 0.848. The van der Waals surface area contributed by atoms with E-state index in [0.29, 0.717) is 5.69 Å². The minimum absolute atomic E-state index is 0.0356. The Morgan fingerprint density at radius 2 is 1.95 bits per heavy atom. The molecular formula is C15H23NO2S. The molecule has 1 heterocycles. The third-order valence-corrected chi connectivity index (χ3v) is 5.79. The second kappa shape index (κ2) is 4.60. The van der Waals surface area contributed by atoms with Gasteiger partial charge in [0.2, 0.25) is 0 Å². The maximum Gasteiger partial charge on any atom is 0.0781 e. The van der Waals surface area contributed by atoms with Gasteiger partial charge in [0.15, 0.2) is 0 Å². The summed E-state index contributed by atoms with van der Waals surface area (Å²) in [5, 5.41) is -0.0356. The van der Waals surface area contributed by atoms with E-state index in [1.807, 2.05) is 52.8 Å². The van der Waals surface area contributed by atoms with Crippen molar-refractivity contribution in [2.75, 3.05) is 5.73 Å². The molecule has 1 aliphatic rings. The van der Waals surface area contributed by atoms with Gasteiger partial charge in [0.1, 0.15) is 0 Å². The summed E-state index contributed by atoms with van der Waals surface area (Å²) < 4.78 is 18.9. The predicted molar refractivity (Wildman–Crippen MR) is 79.6 cm³/mol. The van der Waals surface area contributed by atoms with Crippen LogP contribution in [0.4, 0.5) is 5.69 Å². The van der Waals surface area contributed by atoms with Gasteiger partial charge in [-0.15, -0.1) is 0 Å². The predicted octanol–water partition coefficient (Wildman–Crippen LogP) is 3.03. The molecule has 0 amide bonds. The molecule has 2 unspecified atom stereocenters. The molecule has 3 nitrogen and oxygen atoms in total. The average molecular weight is 281 g/mol.